The highest BCUT2D eigenvalue weighted by atomic mass is 15.1. The lowest BCUT2D eigenvalue weighted by Crippen LogP contribution is -2.37. The van der Waals surface area contributed by atoms with E-state index in [9.17, 15) is 0 Å². The average Bonchev–Trinajstić information content (AvgIpc) is 2.79. The lowest BCUT2D eigenvalue weighted by atomic mass is 9.62. The molecule has 0 aromatic heterocycles. The Kier molecular flexibility index (Phi) is 6.50. The fourth-order valence-corrected chi connectivity index (χ4v) is 5.23. The molecule has 28 heavy (non-hydrogen) atoms. The summed E-state index contributed by atoms with van der Waals surface area (Å²) in [6.45, 7) is 3.33. The van der Waals surface area contributed by atoms with E-state index in [1.807, 2.05) is 0 Å². The molecule has 1 saturated carbocycles. The molecule has 2 fully saturated rings. The molecule has 1 saturated heterocycles. The molecule has 2 aromatic carbocycles. The lowest BCUT2D eigenvalue weighted by Gasteiger charge is -2.40. The monoisotopic (exact) mass is 371 g/mol. The van der Waals surface area contributed by atoms with Crippen molar-refractivity contribution in [2.75, 3.05) is 19.6 Å². The average molecular weight is 372 g/mol. The third kappa shape index (κ3) is 4.18. The molecule has 0 atom stereocenters. The fourth-order valence-electron chi connectivity index (χ4n) is 5.23. The van der Waals surface area contributed by atoms with Crippen LogP contribution in [0.2, 0.25) is 0 Å². The van der Waals surface area contributed by atoms with E-state index in [2.05, 4.69) is 77.4 Å². The van der Waals surface area contributed by atoms with Gasteiger partial charge in [-0.2, -0.15) is 0 Å². The van der Waals surface area contributed by atoms with Crippen LogP contribution in [-0.4, -0.2) is 24.5 Å². The largest absolute Gasteiger partial charge is 0.292 e. The van der Waals surface area contributed by atoms with Gasteiger partial charge in [0, 0.05) is 0 Å². The van der Waals surface area contributed by atoms with Gasteiger partial charge < -0.3 is 0 Å². The lowest BCUT2D eigenvalue weighted by molar-refractivity contribution is 0.254. The summed E-state index contributed by atoms with van der Waals surface area (Å²) in [5.41, 5.74) is 2.57. The molecule has 0 unspecified atom stereocenters. The standard InChI is InChI=1S/C27H33N/c1-5-14-24(15-6-1)27(25-16-7-2-8-17-25,26-18-9-3-10-19-26)20-13-23-28-21-11-4-12-22-28/h1-2,5-8,14-17,26H,3-4,9-12,18-19,21-23H2. The molecule has 0 spiro atoms. The molecular formula is C27H33N. The van der Waals surface area contributed by atoms with Crippen molar-refractivity contribution >= 4 is 0 Å². The first-order chi connectivity index (χ1) is 13.9. The fraction of sp³-hybridized carbons (Fsp3) is 0.481. The van der Waals surface area contributed by atoms with Crippen molar-refractivity contribution in [3.05, 3.63) is 71.8 Å². The van der Waals surface area contributed by atoms with Crippen LogP contribution >= 0.6 is 0 Å². The Morgan fingerprint density at radius 3 is 1.82 bits per heavy atom. The zero-order valence-corrected chi connectivity index (χ0v) is 17.1. The maximum atomic E-state index is 3.89. The van der Waals surface area contributed by atoms with E-state index in [4.69, 9.17) is 0 Å². The van der Waals surface area contributed by atoms with Crippen molar-refractivity contribution < 1.29 is 0 Å². The third-order valence-corrected chi connectivity index (χ3v) is 6.71. The minimum absolute atomic E-state index is 0.182. The molecule has 1 heterocycles. The second kappa shape index (κ2) is 9.44. The highest BCUT2D eigenvalue weighted by molar-refractivity contribution is 5.49. The first-order valence-corrected chi connectivity index (χ1v) is 11.2. The predicted molar refractivity (Wildman–Crippen MR) is 118 cm³/mol. The number of piperidine rings is 1. The zero-order chi connectivity index (χ0) is 19.1. The van der Waals surface area contributed by atoms with Gasteiger partial charge in [0.1, 0.15) is 0 Å². The maximum absolute atomic E-state index is 3.89. The third-order valence-electron chi connectivity index (χ3n) is 6.71. The van der Waals surface area contributed by atoms with Crippen LogP contribution in [0.1, 0.15) is 62.5 Å². The molecule has 0 radical (unpaired) electrons. The van der Waals surface area contributed by atoms with Crippen LogP contribution in [0.4, 0.5) is 0 Å². The Morgan fingerprint density at radius 2 is 1.25 bits per heavy atom. The minimum atomic E-state index is -0.182. The molecule has 0 N–H and O–H groups in total. The van der Waals surface area contributed by atoms with Crippen molar-refractivity contribution in [1.82, 2.24) is 4.90 Å². The summed E-state index contributed by atoms with van der Waals surface area (Å²) in [7, 11) is 0. The summed E-state index contributed by atoms with van der Waals surface area (Å²) in [5, 5.41) is 0. The van der Waals surface area contributed by atoms with Crippen molar-refractivity contribution in [2.24, 2.45) is 5.92 Å². The van der Waals surface area contributed by atoms with Gasteiger partial charge in [0.05, 0.1) is 12.0 Å². The summed E-state index contributed by atoms with van der Waals surface area (Å²) >= 11 is 0. The molecule has 1 aliphatic heterocycles. The van der Waals surface area contributed by atoms with Gasteiger partial charge >= 0.3 is 0 Å². The molecule has 0 bridgehead atoms. The van der Waals surface area contributed by atoms with Gasteiger partial charge in [0.15, 0.2) is 0 Å². The number of hydrogen-bond donors (Lipinski definition) is 0. The van der Waals surface area contributed by atoms with Crippen LogP contribution < -0.4 is 0 Å². The molecule has 2 aliphatic rings. The van der Waals surface area contributed by atoms with E-state index in [-0.39, 0.29) is 5.41 Å². The Hall–Kier alpha value is -2.04. The van der Waals surface area contributed by atoms with Crippen LogP contribution in [0.25, 0.3) is 0 Å². The first kappa shape index (κ1) is 19.3. The van der Waals surface area contributed by atoms with E-state index in [1.165, 1.54) is 75.6 Å². The second-order valence-corrected chi connectivity index (χ2v) is 8.51. The molecule has 1 aliphatic carbocycles. The summed E-state index contributed by atoms with van der Waals surface area (Å²) in [6.07, 6.45) is 10.6. The molecule has 1 heteroatoms. The quantitative estimate of drug-likeness (QED) is 0.592. The van der Waals surface area contributed by atoms with Crippen molar-refractivity contribution in [2.45, 2.75) is 56.8 Å². The normalized spacial score (nSPS) is 19.0. The van der Waals surface area contributed by atoms with Crippen LogP contribution in [0.15, 0.2) is 60.7 Å². The smallest absolute Gasteiger partial charge is 0.0840 e. The Balaban J connectivity index is 1.76. The summed E-state index contributed by atoms with van der Waals surface area (Å²) in [4.78, 5) is 2.54. The van der Waals surface area contributed by atoms with Crippen LogP contribution in [0, 0.1) is 17.8 Å². The molecule has 146 valence electrons. The van der Waals surface area contributed by atoms with E-state index >= 15 is 0 Å². The summed E-state index contributed by atoms with van der Waals surface area (Å²) in [6, 6.07) is 22.2. The van der Waals surface area contributed by atoms with Crippen molar-refractivity contribution in [3.63, 3.8) is 0 Å². The molecule has 2 aromatic rings. The van der Waals surface area contributed by atoms with E-state index in [0.29, 0.717) is 5.92 Å². The van der Waals surface area contributed by atoms with Crippen molar-refractivity contribution in [3.8, 4) is 11.8 Å². The Bertz CT molecular complexity index is 732. The predicted octanol–water partition coefficient (Wildman–Crippen LogP) is 6.04. The van der Waals surface area contributed by atoms with E-state index in [0.717, 1.165) is 6.54 Å². The SMILES string of the molecule is C(#CC(c1ccccc1)(c1ccccc1)C1CCCCC1)CN1CCCCC1. The highest BCUT2D eigenvalue weighted by Crippen LogP contribution is 2.45. The van der Waals surface area contributed by atoms with Crippen LogP contribution in [0.3, 0.4) is 0 Å². The summed E-state index contributed by atoms with van der Waals surface area (Å²) in [5.74, 6) is 8.15. The van der Waals surface area contributed by atoms with Gasteiger partial charge in [-0.25, -0.2) is 0 Å². The van der Waals surface area contributed by atoms with Gasteiger partial charge in [-0.05, 0) is 55.8 Å². The van der Waals surface area contributed by atoms with Gasteiger partial charge in [0.2, 0.25) is 0 Å². The number of likely N-dealkylation sites (tertiary alicyclic amines) is 1. The molecule has 4 rings (SSSR count). The van der Waals surface area contributed by atoms with Gasteiger partial charge in [-0.15, -0.1) is 0 Å². The van der Waals surface area contributed by atoms with Crippen LogP contribution in [-0.2, 0) is 5.41 Å². The zero-order valence-electron chi connectivity index (χ0n) is 17.1. The summed E-state index contributed by atoms with van der Waals surface area (Å²) < 4.78 is 0. The van der Waals surface area contributed by atoms with Crippen LogP contribution in [0.5, 0.6) is 0 Å². The Morgan fingerprint density at radius 1 is 0.714 bits per heavy atom. The Labute approximate surface area is 171 Å². The molecule has 0 amide bonds. The van der Waals surface area contributed by atoms with Gasteiger partial charge in [-0.3, -0.25) is 4.90 Å². The van der Waals surface area contributed by atoms with Gasteiger partial charge in [-0.1, -0.05) is 98.2 Å². The highest BCUT2D eigenvalue weighted by Gasteiger charge is 2.41. The molecular weight excluding hydrogens is 338 g/mol. The number of nitrogens with zero attached hydrogens (tertiary/aromatic N) is 1. The van der Waals surface area contributed by atoms with E-state index in [1.54, 1.807) is 0 Å². The first-order valence-electron chi connectivity index (χ1n) is 11.2. The van der Waals surface area contributed by atoms with Crippen molar-refractivity contribution in [1.29, 1.82) is 0 Å². The minimum Gasteiger partial charge on any atom is -0.292 e. The topological polar surface area (TPSA) is 3.24 Å². The number of rotatable bonds is 4. The molecule has 1 nitrogen and oxygen atoms in total. The second-order valence-electron chi connectivity index (χ2n) is 8.51. The maximum Gasteiger partial charge on any atom is 0.0840 e. The number of benzene rings is 2. The van der Waals surface area contributed by atoms with Gasteiger partial charge in [0.25, 0.3) is 0 Å². The number of hydrogen-bond acceptors (Lipinski definition) is 1. The van der Waals surface area contributed by atoms with E-state index < -0.39 is 0 Å².